The number of benzene rings is 4. The van der Waals surface area contributed by atoms with Crippen LogP contribution in [0.5, 0.6) is 0 Å². The maximum Gasteiger partial charge on any atom is 0.460 e. The largest absolute Gasteiger partial charge is 0.460 e. The van der Waals surface area contributed by atoms with Crippen molar-refractivity contribution in [2.75, 3.05) is 0 Å². The Balaban J connectivity index is 2.04. The van der Waals surface area contributed by atoms with Crippen LogP contribution in [0.15, 0.2) is 106 Å². The van der Waals surface area contributed by atoms with Gasteiger partial charge in [-0.2, -0.15) is 47.9 Å². The van der Waals surface area contributed by atoms with Crippen LogP contribution < -0.4 is 0 Å². The normalized spacial score (nSPS) is 15.1. The Labute approximate surface area is 270 Å². The van der Waals surface area contributed by atoms with Gasteiger partial charge in [-0.3, -0.25) is 4.79 Å². The molecule has 4 aromatic rings. The fourth-order valence-electron chi connectivity index (χ4n) is 4.98. The van der Waals surface area contributed by atoms with Crippen molar-refractivity contribution in [2.45, 2.75) is 58.7 Å². The van der Waals surface area contributed by atoms with E-state index in [1.54, 1.807) is 6.92 Å². The number of carbonyl (C=O) groups excluding carboxylic acids is 1. The van der Waals surface area contributed by atoms with Gasteiger partial charge in [0, 0.05) is 25.8 Å². The smallest absolute Gasteiger partial charge is 0.289 e. The molecule has 4 nitrogen and oxygen atoms in total. The maximum atomic E-state index is 15.2. The number of hydrogen-bond donors (Lipinski definition) is 0. The fourth-order valence-corrected chi connectivity index (χ4v) is 10.6. The molecule has 4 rings (SSSR count). The van der Waals surface area contributed by atoms with Crippen LogP contribution in [0, 0.1) is 26.6 Å². The highest BCUT2D eigenvalue weighted by molar-refractivity contribution is 8.33. The summed E-state index contributed by atoms with van der Waals surface area (Å²) in [5.41, 5.74) is 0.809. The van der Waals surface area contributed by atoms with E-state index in [1.165, 1.54) is 68.4 Å². The molecule has 0 radical (unpaired) electrons. The molecule has 0 aliphatic carbocycles. The number of carbonyl (C=O) groups is 1. The molecule has 0 aromatic heterocycles. The summed E-state index contributed by atoms with van der Waals surface area (Å²) >= 11 is 0. The van der Waals surface area contributed by atoms with Gasteiger partial charge in [-0.05, 0) is 103 Å². The zero-order chi connectivity index (χ0) is 36.1. The molecule has 0 saturated heterocycles. The monoisotopic (exact) mass is 726 g/mol. The molecule has 0 amide bonds. The van der Waals surface area contributed by atoms with Gasteiger partial charge in [0.1, 0.15) is 5.82 Å². The van der Waals surface area contributed by atoms with E-state index in [0.29, 0.717) is 5.56 Å². The van der Waals surface area contributed by atoms with E-state index < -0.39 is 55.3 Å². The highest BCUT2D eigenvalue weighted by Crippen LogP contribution is 2.73. The highest BCUT2D eigenvalue weighted by atomic mass is 32.3. The van der Waals surface area contributed by atoms with E-state index in [-0.39, 0.29) is 36.9 Å². The molecule has 0 bridgehead atoms. The molecular weight excluding hydrogens is 702 g/mol. The van der Waals surface area contributed by atoms with Crippen LogP contribution in [0.25, 0.3) is 0 Å². The molecule has 0 aliphatic heterocycles. The van der Waals surface area contributed by atoms with E-state index >= 15 is 8.78 Å². The van der Waals surface area contributed by atoms with Crippen LogP contribution in [0.4, 0.5) is 43.9 Å². The Morgan fingerprint density at radius 3 is 1.52 bits per heavy atom. The molecule has 16 heteroatoms. The summed E-state index contributed by atoms with van der Waals surface area (Å²) in [6, 6.07) is 17.9. The van der Waals surface area contributed by atoms with E-state index in [0.717, 1.165) is 36.4 Å². The van der Waals surface area contributed by atoms with Crippen molar-refractivity contribution in [3.63, 3.8) is 0 Å². The van der Waals surface area contributed by atoms with Crippen LogP contribution >= 0.6 is 10.3 Å². The number of alkyl halides is 9. The van der Waals surface area contributed by atoms with Crippen LogP contribution in [0.1, 0.15) is 32.6 Å². The van der Waals surface area contributed by atoms with Gasteiger partial charge < -0.3 is 0 Å². The summed E-state index contributed by atoms with van der Waals surface area (Å²) in [7, 11) is -11.7. The molecule has 1 unspecified atom stereocenters. The molecule has 4 aromatic carbocycles. The molecule has 48 heavy (non-hydrogen) atoms. The van der Waals surface area contributed by atoms with Gasteiger partial charge in [0.2, 0.25) is 0 Å². The average Bonchev–Trinajstić information content (AvgIpc) is 2.99. The van der Waals surface area contributed by atoms with Gasteiger partial charge in [-0.15, -0.1) is 0 Å². The molecule has 0 aliphatic rings. The molecular formula is C32H24F10O4S2. The third kappa shape index (κ3) is 6.09. The van der Waals surface area contributed by atoms with Gasteiger partial charge in [0.05, 0.1) is 0 Å². The Morgan fingerprint density at radius 1 is 0.625 bits per heavy atom. The Hall–Kier alpha value is -3.89. The summed E-state index contributed by atoms with van der Waals surface area (Å²) in [6.45, 7) is 4.41. The van der Waals surface area contributed by atoms with Crippen molar-refractivity contribution < 1.29 is 60.7 Å². The Kier molecular flexibility index (Phi) is 9.64. The van der Waals surface area contributed by atoms with Crippen molar-refractivity contribution in [1.82, 2.24) is 0 Å². The Bertz CT molecular complexity index is 1910. The predicted molar refractivity (Wildman–Crippen MR) is 157 cm³/mol. The molecule has 0 heterocycles. The summed E-state index contributed by atoms with van der Waals surface area (Å²) in [5, 5.41) is -7.14. The lowest BCUT2D eigenvalue weighted by atomic mass is 10.0. The topological polar surface area (TPSA) is 60.4 Å². The van der Waals surface area contributed by atoms with Gasteiger partial charge in [-0.25, -0.2) is 8.02 Å². The second-order valence-corrected chi connectivity index (χ2v) is 15.1. The van der Waals surface area contributed by atoms with Gasteiger partial charge >= 0.3 is 33.4 Å². The molecule has 1 atom stereocenters. The van der Waals surface area contributed by atoms with Crippen molar-refractivity contribution in [2.24, 2.45) is 0 Å². The summed E-state index contributed by atoms with van der Waals surface area (Å²) in [6.07, 6.45) is -7.28. The molecule has 0 fully saturated rings. The first-order valence-electron chi connectivity index (χ1n) is 13.5. The van der Waals surface area contributed by atoms with E-state index in [9.17, 15) is 48.3 Å². The standard InChI is InChI=1S/C32H24F10O4S2/c1-19-17-20(2)28(21(3)18-19)47(25-7-5-4-6-8-25,26-15-11-23(12-16-26)27(43)22-9-13-24(33)14-10-22)46-48(44,45)32(41,42)30(36,37)29(34,35)31(38,39)40/h4-18H,1-3H3. The van der Waals surface area contributed by atoms with Crippen molar-refractivity contribution in [1.29, 1.82) is 0 Å². The first-order valence-corrected chi connectivity index (χ1v) is 16.5. The van der Waals surface area contributed by atoms with Crippen molar-refractivity contribution >= 4 is 26.2 Å². The highest BCUT2D eigenvalue weighted by Gasteiger charge is 2.86. The number of ketones is 1. The van der Waals surface area contributed by atoms with Gasteiger partial charge in [-0.1, -0.05) is 35.9 Å². The molecule has 0 spiro atoms. The van der Waals surface area contributed by atoms with Crippen molar-refractivity contribution in [3.8, 4) is 0 Å². The average molecular weight is 727 g/mol. The third-order valence-electron chi connectivity index (χ3n) is 7.14. The molecule has 258 valence electrons. The van der Waals surface area contributed by atoms with Gasteiger partial charge in [0.25, 0.3) is 0 Å². The summed E-state index contributed by atoms with van der Waals surface area (Å²) in [4.78, 5) is 12.3. The van der Waals surface area contributed by atoms with E-state index in [4.69, 9.17) is 3.63 Å². The number of hydrogen-bond acceptors (Lipinski definition) is 4. The predicted octanol–water partition coefficient (Wildman–Crippen LogP) is 9.95. The quantitative estimate of drug-likeness (QED) is 0.121. The van der Waals surface area contributed by atoms with E-state index in [1.807, 2.05) is 0 Å². The Morgan fingerprint density at radius 2 is 1.06 bits per heavy atom. The first kappa shape index (κ1) is 36.9. The second-order valence-electron chi connectivity index (χ2n) is 10.6. The van der Waals surface area contributed by atoms with Crippen LogP contribution in [0.2, 0.25) is 0 Å². The van der Waals surface area contributed by atoms with Crippen LogP contribution in [-0.4, -0.2) is 37.5 Å². The zero-order valence-electron chi connectivity index (χ0n) is 24.9. The third-order valence-corrected chi connectivity index (χ3v) is 12.7. The summed E-state index contributed by atoms with van der Waals surface area (Å²) in [5.74, 6) is -16.4. The minimum atomic E-state index is -7.54. The summed E-state index contributed by atoms with van der Waals surface area (Å²) < 4.78 is 171. The molecule has 0 saturated carbocycles. The van der Waals surface area contributed by atoms with Crippen LogP contribution in [-0.2, 0) is 13.7 Å². The van der Waals surface area contributed by atoms with Crippen molar-refractivity contribution in [3.05, 3.63) is 125 Å². The SMILES string of the molecule is Cc1cc(C)c(S(OS(=O)(=O)C(F)(F)C(F)(F)C(F)(F)C(F)(F)F)(c2ccccc2)c2ccc(C(=O)c3ccc(F)cc3)cc2)c(C)c1. The zero-order valence-corrected chi connectivity index (χ0v) is 26.5. The maximum absolute atomic E-state index is 15.2. The lowest BCUT2D eigenvalue weighted by molar-refractivity contribution is -0.382. The van der Waals surface area contributed by atoms with Crippen LogP contribution in [0.3, 0.4) is 0 Å². The minimum absolute atomic E-state index is 0.0161. The lowest BCUT2D eigenvalue weighted by Gasteiger charge is -2.43. The second kappa shape index (κ2) is 12.5. The fraction of sp³-hybridized carbons (Fsp3) is 0.219. The molecule has 0 N–H and O–H groups in total. The number of halogens is 10. The number of aryl methyl sites for hydroxylation is 3. The minimum Gasteiger partial charge on any atom is -0.289 e. The van der Waals surface area contributed by atoms with E-state index in [2.05, 4.69) is 0 Å². The first-order chi connectivity index (χ1) is 22.0. The lowest BCUT2D eigenvalue weighted by Crippen LogP contribution is -2.63. The number of rotatable bonds is 10. The van der Waals surface area contributed by atoms with Gasteiger partial charge in [0.15, 0.2) is 5.78 Å².